The van der Waals surface area contributed by atoms with Crippen LogP contribution in [0.3, 0.4) is 0 Å². The molecular weight excluding hydrogens is 378 g/mol. The molecule has 6 heteroatoms. The van der Waals surface area contributed by atoms with E-state index in [0.717, 1.165) is 30.8 Å². The molecule has 0 bridgehead atoms. The summed E-state index contributed by atoms with van der Waals surface area (Å²) in [6, 6.07) is 16.2. The molecule has 3 rings (SSSR count). The van der Waals surface area contributed by atoms with Crippen molar-refractivity contribution in [3.63, 3.8) is 0 Å². The fourth-order valence-electron chi connectivity index (χ4n) is 3.97. The number of carbonyl (C=O) groups is 2. The molecule has 160 valence electrons. The summed E-state index contributed by atoms with van der Waals surface area (Å²) >= 11 is 0. The van der Waals surface area contributed by atoms with Crippen LogP contribution in [0.4, 0.5) is 0 Å². The van der Waals surface area contributed by atoms with Crippen molar-refractivity contribution in [3.8, 4) is 5.75 Å². The summed E-state index contributed by atoms with van der Waals surface area (Å²) in [5.74, 6) is 1.02. The van der Waals surface area contributed by atoms with Gasteiger partial charge in [0.05, 0.1) is 13.0 Å². The quantitative estimate of drug-likeness (QED) is 0.702. The molecule has 0 aliphatic carbocycles. The number of nitrogens with zero attached hydrogens (tertiary/aromatic N) is 1. The molecule has 2 atom stereocenters. The Morgan fingerprint density at radius 1 is 1.00 bits per heavy atom. The zero-order valence-corrected chi connectivity index (χ0v) is 18.0. The number of ether oxygens (including phenoxy) is 1. The van der Waals surface area contributed by atoms with Crippen molar-refractivity contribution in [2.75, 3.05) is 33.8 Å². The number of likely N-dealkylation sites (tertiary alicyclic amines) is 1. The van der Waals surface area contributed by atoms with Crippen LogP contribution in [-0.4, -0.2) is 50.5 Å². The number of hydrogen-bond donors (Lipinski definition) is 2. The number of methoxy groups -OCH3 is 1. The van der Waals surface area contributed by atoms with Crippen LogP contribution < -0.4 is 15.4 Å². The highest BCUT2D eigenvalue weighted by molar-refractivity contribution is 5.80. The minimum atomic E-state index is -0.0629. The third-order valence-electron chi connectivity index (χ3n) is 5.66. The normalized spacial score (nSPS) is 18.8. The van der Waals surface area contributed by atoms with Crippen LogP contribution in [0.1, 0.15) is 29.5 Å². The molecule has 2 N–H and O–H groups in total. The van der Waals surface area contributed by atoms with Crippen molar-refractivity contribution in [1.82, 2.24) is 15.5 Å². The van der Waals surface area contributed by atoms with Crippen molar-refractivity contribution in [2.45, 2.75) is 25.8 Å². The van der Waals surface area contributed by atoms with Gasteiger partial charge in [-0.25, -0.2) is 0 Å². The van der Waals surface area contributed by atoms with E-state index in [0.29, 0.717) is 13.1 Å². The van der Waals surface area contributed by atoms with Gasteiger partial charge >= 0.3 is 0 Å². The van der Waals surface area contributed by atoms with E-state index in [1.807, 2.05) is 36.4 Å². The molecular formula is C24H31N3O3. The van der Waals surface area contributed by atoms with Gasteiger partial charge in [-0.2, -0.15) is 0 Å². The average molecular weight is 410 g/mol. The molecule has 0 radical (unpaired) electrons. The van der Waals surface area contributed by atoms with Gasteiger partial charge in [-0.15, -0.1) is 0 Å². The molecule has 1 heterocycles. The van der Waals surface area contributed by atoms with Gasteiger partial charge in [0.1, 0.15) is 5.75 Å². The molecule has 0 aromatic heterocycles. The predicted molar refractivity (Wildman–Crippen MR) is 117 cm³/mol. The summed E-state index contributed by atoms with van der Waals surface area (Å²) in [6.45, 7) is 4.28. The Hall–Kier alpha value is -2.86. The molecule has 1 fully saturated rings. The van der Waals surface area contributed by atoms with E-state index in [2.05, 4.69) is 34.7 Å². The highest BCUT2D eigenvalue weighted by atomic mass is 16.5. The van der Waals surface area contributed by atoms with Crippen LogP contribution in [0.25, 0.3) is 0 Å². The number of carbonyl (C=O) groups excluding carboxylic acids is 2. The van der Waals surface area contributed by atoms with E-state index in [1.165, 1.54) is 18.1 Å². The van der Waals surface area contributed by atoms with Crippen LogP contribution in [0, 0.1) is 5.92 Å². The molecule has 1 aliphatic rings. The highest BCUT2D eigenvalue weighted by Gasteiger charge is 2.36. The van der Waals surface area contributed by atoms with E-state index < -0.39 is 0 Å². The van der Waals surface area contributed by atoms with Gasteiger partial charge in [0.15, 0.2) is 0 Å². The molecule has 0 spiro atoms. The van der Waals surface area contributed by atoms with Gasteiger partial charge in [-0.05, 0) is 42.3 Å². The van der Waals surface area contributed by atoms with Crippen molar-refractivity contribution >= 4 is 11.8 Å². The van der Waals surface area contributed by atoms with E-state index in [1.54, 1.807) is 7.11 Å². The summed E-state index contributed by atoms with van der Waals surface area (Å²) in [4.78, 5) is 26.2. The standard InChI is InChI=1S/C24H31N3O3/c1-17(28)26-14-19-4-8-20(9-5-19)22-15-27(2)16-23(22)24(29)25-13-12-18-6-10-21(30-3)11-7-18/h4-11,22-23H,12-16H2,1-3H3,(H,25,29)(H,26,28)/t22-,23+/m1/s1. The summed E-state index contributed by atoms with van der Waals surface area (Å²) in [6.07, 6.45) is 0.792. The van der Waals surface area contributed by atoms with Gasteiger partial charge in [0.2, 0.25) is 11.8 Å². The second-order valence-corrected chi connectivity index (χ2v) is 7.97. The first kappa shape index (κ1) is 21.8. The van der Waals surface area contributed by atoms with Crippen LogP contribution in [-0.2, 0) is 22.6 Å². The van der Waals surface area contributed by atoms with Gasteiger partial charge < -0.3 is 20.3 Å². The smallest absolute Gasteiger partial charge is 0.225 e. The second-order valence-electron chi connectivity index (χ2n) is 7.97. The Labute approximate surface area is 178 Å². The lowest BCUT2D eigenvalue weighted by molar-refractivity contribution is -0.125. The molecule has 6 nitrogen and oxygen atoms in total. The molecule has 2 aromatic carbocycles. The van der Waals surface area contributed by atoms with E-state index in [4.69, 9.17) is 4.74 Å². The SMILES string of the molecule is COc1ccc(CCNC(=O)[C@H]2CN(C)C[C@@H]2c2ccc(CNC(C)=O)cc2)cc1. The number of benzene rings is 2. The van der Waals surface area contributed by atoms with Crippen LogP contribution >= 0.6 is 0 Å². The number of hydrogen-bond acceptors (Lipinski definition) is 4. The Morgan fingerprint density at radius 3 is 2.30 bits per heavy atom. The lowest BCUT2D eigenvalue weighted by Crippen LogP contribution is -2.35. The molecule has 1 saturated heterocycles. The van der Waals surface area contributed by atoms with Crippen LogP contribution in [0.5, 0.6) is 5.75 Å². The van der Waals surface area contributed by atoms with Gasteiger partial charge in [-0.1, -0.05) is 36.4 Å². The van der Waals surface area contributed by atoms with Crippen molar-refractivity contribution < 1.29 is 14.3 Å². The highest BCUT2D eigenvalue weighted by Crippen LogP contribution is 2.32. The van der Waals surface area contributed by atoms with Gasteiger partial charge in [-0.3, -0.25) is 9.59 Å². The van der Waals surface area contributed by atoms with E-state index in [9.17, 15) is 9.59 Å². The van der Waals surface area contributed by atoms with Crippen LogP contribution in [0.15, 0.2) is 48.5 Å². The number of nitrogens with one attached hydrogen (secondary N) is 2. The summed E-state index contributed by atoms with van der Waals surface area (Å²) < 4.78 is 5.18. The van der Waals surface area contributed by atoms with Crippen LogP contribution in [0.2, 0.25) is 0 Å². The molecule has 0 saturated carbocycles. The van der Waals surface area contributed by atoms with Gasteiger partial charge in [0, 0.05) is 39.0 Å². The maximum Gasteiger partial charge on any atom is 0.225 e. The summed E-state index contributed by atoms with van der Waals surface area (Å²) in [7, 11) is 3.71. The fourth-order valence-corrected chi connectivity index (χ4v) is 3.97. The maximum absolute atomic E-state index is 12.9. The number of rotatable bonds is 8. The Balaban J connectivity index is 1.56. The first-order valence-electron chi connectivity index (χ1n) is 10.4. The van der Waals surface area contributed by atoms with Crippen molar-refractivity contribution in [3.05, 3.63) is 65.2 Å². The predicted octanol–water partition coefficient (Wildman–Crippen LogP) is 2.34. The minimum Gasteiger partial charge on any atom is -0.497 e. The molecule has 0 unspecified atom stereocenters. The Bertz CT molecular complexity index is 849. The summed E-state index contributed by atoms with van der Waals surface area (Å²) in [5, 5.41) is 5.93. The van der Waals surface area contributed by atoms with Crippen molar-refractivity contribution in [1.29, 1.82) is 0 Å². The Kier molecular flexibility index (Phi) is 7.46. The molecule has 1 aliphatic heterocycles. The molecule has 30 heavy (non-hydrogen) atoms. The third-order valence-corrected chi connectivity index (χ3v) is 5.66. The topological polar surface area (TPSA) is 70.7 Å². The zero-order chi connectivity index (χ0) is 21.5. The first-order chi connectivity index (χ1) is 14.5. The van der Waals surface area contributed by atoms with Gasteiger partial charge in [0.25, 0.3) is 0 Å². The maximum atomic E-state index is 12.9. The number of likely N-dealkylation sites (N-methyl/N-ethyl adjacent to an activating group) is 1. The monoisotopic (exact) mass is 409 g/mol. The summed E-state index contributed by atoms with van der Waals surface area (Å²) in [5.41, 5.74) is 3.40. The zero-order valence-electron chi connectivity index (χ0n) is 18.0. The second kappa shape index (κ2) is 10.3. The largest absolute Gasteiger partial charge is 0.497 e. The molecule has 2 aromatic rings. The minimum absolute atomic E-state index is 0.0390. The lowest BCUT2D eigenvalue weighted by atomic mass is 9.88. The van der Waals surface area contributed by atoms with Crippen molar-refractivity contribution in [2.24, 2.45) is 5.92 Å². The third kappa shape index (κ3) is 5.83. The lowest BCUT2D eigenvalue weighted by Gasteiger charge is -2.19. The van der Waals surface area contributed by atoms with E-state index >= 15 is 0 Å². The van der Waals surface area contributed by atoms with E-state index in [-0.39, 0.29) is 23.7 Å². The first-order valence-corrected chi connectivity index (χ1v) is 10.4. The fraction of sp³-hybridized carbons (Fsp3) is 0.417. The molecule has 2 amide bonds. The Morgan fingerprint density at radius 2 is 1.67 bits per heavy atom. The average Bonchev–Trinajstić information content (AvgIpc) is 3.15. The number of amides is 2.